The third-order valence-electron chi connectivity index (χ3n) is 2.01. The molecule has 0 aliphatic carbocycles. The highest BCUT2D eigenvalue weighted by Gasteiger charge is 2.41. The molecule has 1 aromatic carbocycles. The van der Waals surface area contributed by atoms with Crippen molar-refractivity contribution in [3.63, 3.8) is 0 Å². The van der Waals surface area contributed by atoms with Crippen molar-refractivity contribution in [2.45, 2.75) is 17.2 Å². The Bertz CT molecular complexity index is 542. The van der Waals surface area contributed by atoms with Gasteiger partial charge in [0, 0.05) is 0 Å². The van der Waals surface area contributed by atoms with Crippen LogP contribution in [0.1, 0.15) is 0 Å². The predicted molar refractivity (Wildman–Crippen MR) is 60.6 cm³/mol. The second-order valence-corrected chi connectivity index (χ2v) is 6.26. The summed E-state index contributed by atoms with van der Waals surface area (Å²) in [4.78, 5) is -0.430. The summed E-state index contributed by atoms with van der Waals surface area (Å²) in [7, 11) is -4.30. The number of aliphatic hydroxyl groups is 1. The standard InChI is InChI=1S/C9H7Cl2F3O3S/c10-6-2-1-5(3-7(6)11)18(16,17)4-8(15)9(12,13)14/h1-3,8,15H,4H2/t8-/m0/s1. The van der Waals surface area contributed by atoms with E-state index in [1.54, 1.807) is 0 Å². The lowest BCUT2D eigenvalue weighted by Crippen LogP contribution is -2.35. The molecule has 0 aliphatic heterocycles. The van der Waals surface area contributed by atoms with Gasteiger partial charge in [0.25, 0.3) is 0 Å². The van der Waals surface area contributed by atoms with Gasteiger partial charge in [-0.1, -0.05) is 23.2 Å². The lowest BCUT2D eigenvalue weighted by molar-refractivity contribution is -0.196. The molecule has 0 saturated carbocycles. The van der Waals surface area contributed by atoms with E-state index < -0.39 is 32.8 Å². The molecule has 0 spiro atoms. The summed E-state index contributed by atoms with van der Waals surface area (Å²) < 4.78 is 59.4. The Morgan fingerprint density at radius 1 is 1.22 bits per heavy atom. The van der Waals surface area contributed by atoms with Crippen molar-refractivity contribution in [3.05, 3.63) is 28.2 Å². The molecule has 0 radical (unpaired) electrons. The van der Waals surface area contributed by atoms with Gasteiger partial charge >= 0.3 is 6.18 Å². The van der Waals surface area contributed by atoms with Crippen LogP contribution in [0.2, 0.25) is 10.0 Å². The SMILES string of the molecule is O=S(=O)(C[C@H](O)C(F)(F)F)c1ccc(Cl)c(Cl)c1. The average Bonchev–Trinajstić information content (AvgIpc) is 2.19. The van der Waals surface area contributed by atoms with Crippen LogP contribution >= 0.6 is 23.2 Å². The zero-order valence-electron chi connectivity index (χ0n) is 8.58. The van der Waals surface area contributed by atoms with Gasteiger partial charge in [-0.2, -0.15) is 13.2 Å². The van der Waals surface area contributed by atoms with Gasteiger partial charge in [0.2, 0.25) is 0 Å². The molecule has 102 valence electrons. The van der Waals surface area contributed by atoms with Gasteiger partial charge in [0.1, 0.15) is 0 Å². The molecule has 0 heterocycles. The van der Waals surface area contributed by atoms with Gasteiger partial charge in [0.15, 0.2) is 15.9 Å². The van der Waals surface area contributed by atoms with Crippen molar-refractivity contribution in [1.82, 2.24) is 0 Å². The van der Waals surface area contributed by atoms with Crippen LogP contribution < -0.4 is 0 Å². The minimum Gasteiger partial charge on any atom is -0.383 e. The predicted octanol–water partition coefficient (Wildman–Crippen LogP) is 2.69. The molecule has 0 saturated heterocycles. The normalized spacial score (nSPS) is 14.6. The van der Waals surface area contributed by atoms with Crippen LogP contribution in [-0.4, -0.2) is 31.6 Å². The first-order valence-electron chi connectivity index (χ1n) is 4.46. The molecule has 0 bridgehead atoms. The number of benzene rings is 1. The lowest BCUT2D eigenvalue weighted by Gasteiger charge is -2.14. The first-order chi connectivity index (χ1) is 8.04. The summed E-state index contributed by atoms with van der Waals surface area (Å²) in [5.41, 5.74) is 0. The van der Waals surface area contributed by atoms with Crippen LogP contribution in [0.3, 0.4) is 0 Å². The van der Waals surface area contributed by atoms with Gasteiger partial charge < -0.3 is 5.11 Å². The Morgan fingerprint density at radius 3 is 2.22 bits per heavy atom. The van der Waals surface area contributed by atoms with Crippen molar-refractivity contribution in [2.24, 2.45) is 0 Å². The van der Waals surface area contributed by atoms with E-state index in [1.165, 1.54) is 0 Å². The Labute approximate surface area is 111 Å². The number of sulfone groups is 1. The molecule has 1 atom stereocenters. The lowest BCUT2D eigenvalue weighted by atomic mass is 10.4. The van der Waals surface area contributed by atoms with E-state index >= 15 is 0 Å². The zero-order valence-corrected chi connectivity index (χ0v) is 10.9. The van der Waals surface area contributed by atoms with Crippen LogP contribution in [0.4, 0.5) is 13.2 Å². The fourth-order valence-corrected chi connectivity index (χ4v) is 2.80. The van der Waals surface area contributed by atoms with Gasteiger partial charge in [0.05, 0.1) is 20.7 Å². The number of rotatable bonds is 3. The highest BCUT2D eigenvalue weighted by Crippen LogP contribution is 2.27. The largest absolute Gasteiger partial charge is 0.415 e. The van der Waals surface area contributed by atoms with Gasteiger partial charge in [-0.3, -0.25) is 0 Å². The highest BCUT2D eigenvalue weighted by atomic mass is 35.5. The van der Waals surface area contributed by atoms with Crippen LogP contribution in [0.25, 0.3) is 0 Å². The summed E-state index contributed by atoms with van der Waals surface area (Å²) in [6, 6.07) is 3.10. The molecule has 3 nitrogen and oxygen atoms in total. The molecule has 1 rings (SSSR count). The summed E-state index contributed by atoms with van der Waals surface area (Å²) in [5.74, 6) is -1.46. The van der Waals surface area contributed by atoms with E-state index in [1.807, 2.05) is 0 Å². The van der Waals surface area contributed by atoms with Crippen molar-refractivity contribution in [3.8, 4) is 0 Å². The molecular weight excluding hydrogens is 316 g/mol. The van der Waals surface area contributed by atoms with E-state index in [4.69, 9.17) is 28.3 Å². The third-order valence-corrected chi connectivity index (χ3v) is 4.47. The molecule has 18 heavy (non-hydrogen) atoms. The van der Waals surface area contributed by atoms with Gasteiger partial charge in [-0.15, -0.1) is 0 Å². The molecule has 1 aromatic rings. The number of alkyl halides is 3. The highest BCUT2D eigenvalue weighted by molar-refractivity contribution is 7.91. The third kappa shape index (κ3) is 3.74. The number of hydrogen-bond donors (Lipinski definition) is 1. The molecule has 0 aromatic heterocycles. The summed E-state index contributed by atoms with van der Waals surface area (Å²) in [5, 5.41) is 8.72. The molecule has 0 fully saturated rings. The maximum Gasteiger partial charge on any atom is 0.415 e. The van der Waals surface area contributed by atoms with Gasteiger partial charge in [-0.05, 0) is 18.2 Å². The number of halogens is 5. The van der Waals surface area contributed by atoms with Crippen molar-refractivity contribution >= 4 is 33.0 Å². The first-order valence-corrected chi connectivity index (χ1v) is 6.87. The average molecular weight is 323 g/mol. The van der Waals surface area contributed by atoms with Crippen molar-refractivity contribution in [2.75, 3.05) is 5.75 Å². The van der Waals surface area contributed by atoms with Crippen molar-refractivity contribution < 1.29 is 26.7 Å². The van der Waals surface area contributed by atoms with Crippen LogP contribution in [0.15, 0.2) is 23.1 Å². The summed E-state index contributed by atoms with van der Waals surface area (Å²) in [6.45, 7) is 0. The number of hydrogen-bond acceptors (Lipinski definition) is 3. The number of aliphatic hydroxyl groups excluding tert-OH is 1. The molecule has 0 aliphatic rings. The van der Waals surface area contributed by atoms with Gasteiger partial charge in [-0.25, -0.2) is 8.42 Å². The molecule has 0 unspecified atom stereocenters. The minimum absolute atomic E-state index is 0.0759. The molecular formula is C9H7Cl2F3O3S. The second-order valence-electron chi connectivity index (χ2n) is 3.41. The van der Waals surface area contributed by atoms with E-state index in [9.17, 15) is 21.6 Å². The fraction of sp³-hybridized carbons (Fsp3) is 0.333. The quantitative estimate of drug-likeness (QED) is 0.930. The maximum atomic E-state index is 12.1. The second kappa shape index (κ2) is 5.24. The monoisotopic (exact) mass is 322 g/mol. The first kappa shape index (κ1) is 15.6. The van der Waals surface area contributed by atoms with E-state index in [2.05, 4.69) is 0 Å². The Balaban J connectivity index is 3.04. The summed E-state index contributed by atoms with van der Waals surface area (Å²) >= 11 is 11.1. The topological polar surface area (TPSA) is 54.4 Å². The smallest absolute Gasteiger partial charge is 0.383 e. The van der Waals surface area contributed by atoms with Crippen molar-refractivity contribution in [1.29, 1.82) is 0 Å². The van der Waals surface area contributed by atoms with E-state index in [-0.39, 0.29) is 10.0 Å². The minimum atomic E-state index is -5.00. The maximum absolute atomic E-state index is 12.1. The van der Waals surface area contributed by atoms with E-state index in [0.29, 0.717) is 0 Å². The van der Waals surface area contributed by atoms with Crippen LogP contribution in [-0.2, 0) is 9.84 Å². The van der Waals surface area contributed by atoms with Crippen LogP contribution in [0, 0.1) is 0 Å². The molecule has 1 N–H and O–H groups in total. The van der Waals surface area contributed by atoms with Crippen LogP contribution in [0.5, 0.6) is 0 Å². The Kier molecular flexibility index (Phi) is 4.53. The Hall–Kier alpha value is -0.500. The molecule has 9 heteroatoms. The molecule has 0 amide bonds. The van der Waals surface area contributed by atoms with E-state index in [0.717, 1.165) is 18.2 Å². The zero-order chi connectivity index (χ0) is 14.1. The summed E-state index contributed by atoms with van der Waals surface area (Å²) in [6.07, 6.45) is -7.94. The Morgan fingerprint density at radius 2 is 1.78 bits per heavy atom. The fourth-order valence-electron chi connectivity index (χ4n) is 1.07.